The Bertz CT molecular complexity index is 742. The summed E-state index contributed by atoms with van der Waals surface area (Å²) in [6, 6.07) is 8.45. The van der Waals surface area contributed by atoms with Gasteiger partial charge in [0.25, 0.3) is 0 Å². The van der Waals surface area contributed by atoms with Crippen LogP contribution in [-0.4, -0.2) is 20.1 Å². The van der Waals surface area contributed by atoms with Crippen LogP contribution in [0.25, 0.3) is 0 Å². The monoisotopic (exact) mass is 319 g/mol. The Hall–Kier alpha value is -2.18. The molecule has 1 heterocycles. The molecule has 2 rings (SSSR count). The highest BCUT2D eigenvalue weighted by Crippen LogP contribution is 2.70. The van der Waals surface area contributed by atoms with Gasteiger partial charge < -0.3 is 14.4 Å². The minimum absolute atomic E-state index is 0.276. The smallest absolute Gasteiger partial charge is 0.324 e. The van der Waals surface area contributed by atoms with Crippen molar-refractivity contribution in [3.63, 3.8) is 0 Å². The van der Waals surface area contributed by atoms with Gasteiger partial charge in [0.2, 0.25) is 11.1 Å². The number of carbonyl (C=O) groups is 1. The van der Waals surface area contributed by atoms with Gasteiger partial charge in [-0.3, -0.25) is 9.36 Å². The first kappa shape index (κ1) is 16.2. The summed E-state index contributed by atoms with van der Waals surface area (Å²) in [6.07, 6.45) is 0. The molecule has 0 aliphatic carbocycles. The fourth-order valence-corrected chi connectivity index (χ4v) is 4.72. The van der Waals surface area contributed by atoms with Crippen LogP contribution in [0.15, 0.2) is 18.2 Å². The van der Waals surface area contributed by atoms with Gasteiger partial charge in [-0.15, -0.1) is 0 Å². The lowest BCUT2D eigenvalue weighted by Gasteiger charge is -2.33. The normalized spacial score (nSPS) is 20.2. The third-order valence-electron chi connectivity index (χ3n) is 3.86. The average Bonchev–Trinajstić information content (AvgIpc) is 2.83. The van der Waals surface area contributed by atoms with Gasteiger partial charge >= 0.3 is 7.60 Å². The van der Waals surface area contributed by atoms with Crippen LogP contribution in [-0.2, 0) is 23.6 Å². The maximum absolute atomic E-state index is 13.1. The first-order chi connectivity index (χ1) is 10.4. The average molecular weight is 319 g/mol. The van der Waals surface area contributed by atoms with Crippen molar-refractivity contribution in [2.75, 3.05) is 19.5 Å². The summed E-state index contributed by atoms with van der Waals surface area (Å²) in [5.74, 6) is -2.27. The molecule has 1 atom stereocenters. The van der Waals surface area contributed by atoms with E-state index in [1.807, 2.05) is 0 Å². The van der Waals surface area contributed by atoms with Crippen molar-refractivity contribution in [2.45, 2.75) is 12.1 Å². The number of fused-ring (bicyclic) bond motifs is 1. The topological polar surface area (TPSA) is 112 Å². The van der Waals surface area contributed by atoms with Crippen LogP contribution in [0.2, 0.25) is 0 Å². The van der Waals surface area contributed by atoms with Crippen LogP contribution in [0.4, 0.5) is 5.69 Å². The Morgan fingerprint density at radius 2 is 1.86 bits per heavy atom. The molecular weight excluding hydrogens is 305 g/mol. The van der Waals surface area contributed by atoms with Gasteiger partial charge in [-0.2, -0.15) is 10.5 Å². The van der Waals surface area contributed by atoms with Gasteiger partial charge in [-0.25, -0.2) is 0 Å². The summed E-state index contributed by atoms with van der Waals surface area (Å²) in [5, 5.41) is 19.3. The summed E-state index contributed by atoms with van der Waals surface area (Å²) >= 11 is 0. The summed E-state index contributed by atoms with van der Waals surface area (Å²) in [4.78, 5) is 12.7. The van der Waals surface area contributed by atoms with E-state index in [1.54, 1.807) is 37.3 Å². The van der Waals surface area contributed by atoms with E-state index in [0.717, 1.165) is 19.8 Å². The number of para-hydroxylation sites is 1. The highest BCUT2D eigenvalue weighted by atomic mass is 31.2. The Balaban J connectivity index is 2.93. The Kier molecular flexibility index (Phi) is 4.08. The molecule has 114 valence electrons. The molecule has 0 saturated heterocycles. The highest BCUT2D eigenvalue weighted by molar-refractivity contribution is 7.56. The largest absolute Gasteiger partial charge is 0.352 e. The standard InChI is InChI=1S/C14H14N3O4P/c1-9-5-4-6-11-12(9)17-13(18)14(11,10(7-15)8-16)22(19,20-2)21-3/h4-6,10H,1-3H3,(H,17,18)/t14-/m0/s1. The van der Waals surface area contributed by atoms with E-state index in [1.165, 1.54) is 0 Å². The number of nitrogens with zero attached hydrogens (tertiary/aromatic N) is 2. The third kappa shape index (κ3) is 1.81. The first-order valence-corrected chi connectivity index (χ1v) is 7.89. The summed E-state index contributed by atoms with van der Waals surface area (Å²) < 4.78 is 23.1. The number of hydrogen-bond donors (Lipinski definition) is 1. The second-order valence-electron chi connectivity index (χ2n) is 4.77. The number of rotatable bonds is 4. The molecule has 0 unspecified atom stereocenters. The quantitative estimate of drug-likeness (QED) is 0.852. The van der Waals surface area contributed by atoms with Gasteiger partial charge in [0, 0.05) is 25.5 Å². The van der Waals surface area contributed by atoms with Crippen molar-refractivity contribution in [3.8, 4) is 12.1 Å². The zero-order valence-corrected chi connectivity index (χ0v) is 13.2. The minimum atomic E-state index is -4.11. The lowest BCUT2D eigenvalue weighted by molar-refractivity contribution is -0.119. The molecule has 0 radical (unpaired) electrons. The van der Waals surface area contributed by atoms with Crippen LogP contribution >= 0.6 is 7.60 Å². The second-order valence-corrected chi connectivity index (χ2v) is 7.20. The van der Waals surface area contributed by atoms with Gasteiger partial charge in [0.15, 0.2) is 5.92 Å². The molecule has 0 fully saturated rings. The number of nitrogens with one attached hydrogen (secondary N) is 1. The predicted octanol–water partition coefficient (Wildman–Crippen LogP) is 2.29. The molecule has 1 amide bonds. The van der Waals surface area contributed by atoms with Gasteiger partial charge in [-0.05, 0) is 12.5 Å². The number of anilines is 1. The molecule has 0 aromatic heterocycles. The summed E-state index contributed by atoms with van der Waals surface area (Å²) in [6.45, 7) is 1.76. The van der Waals surface area contributed by atoms with E-state index in [2.05, 4.69) is 5.32 Å². The molecule has 1 aromatic carbocycles. The number of hydrogen-bond acceptors (Lipinski definition) is 6. The molecule has 0 bridgehead atoms. The van der Waals surface area contributed by atoms with Crippen LogP contribution in [0.3, 0.4) is 0 Å². The van der Waals surface area contributed by atoms with E-state index in [-0.39, 0.29) is 5.56 Å². The van der Waals surface area contributed by atoms with Crippen LogP contribution in [0.1, 0.15) is 11.1 Å². The molecule has 1 aliphatic rings. The van der Waals surface area contributed by atoms with Gasteiger partial charge in [-0.1, -0.05) is 18.2 Å². The SMILES string of the molecule is COP(=O)(OC)[C@]1(C(C#N)C#N)C(=O)Nc2c(C)cccc21. The van der Waals surface area contributed by atoms with Crippen molar-refractivity contribution >= 4 is 19.2 Å². The maximum atomic E-state index is 13.1. The molecule has 22 heavy (non-hydrogen) atoms. The molecule has 1 aliphatic heterocycles. The van der Waals surface area contributed by atoms with E-state index < -0.39 is 24.6 Å². The number of carbonyl (C=O) groups excluding carboxylic acids is 1. The lowest BCUT2D eigenvalue weighted by Crippen LogP contribution is -2.41. The molecule has 0 saturated carbocycles. The fraction of sp³-hybridized carbons (Fsp3) is 0.357. The lowest BCUT2D eigenvalue weighted by atomic mass is 9.87. The summed E-state index contributed by atoms with van der Waals surface area (Å²) in [5.41, 5.74) is 1.43. The number of benzene rings is 1. The highest BCUT2D eigenvalue weighted by Gasteiger charge is 2.67. The zero-order valence-electron chi connectivity index (χ0n) is 12.3. The van der Waals surface area contributed by atoms with E-state index >= 15 is 0 Å². The van der Waals surface area contributed by atoms with E-state index in [4.69, 9.17) is 9.05 Å². The van der Waals surface area contributed by atoms with Crippen molar-refractivity contribution in [2.24, 2.45) is 5.92 Å². The number of amides is 1. The minimum Gasteiger partial charge on any atom is -0.324 e. The molecule has 0 spiro atoms. The molecule has 7 nitrogen and oxygen atoms in total. The second kappa shape index (κ2) is 5.55. The van der Waals surface area contributed by atoms with Crippen molar-refractivity contribution in [1.82, 2.24) is 0 Å². The Morgan fingerprint density at radius 3 is 2.36 bits per heavy atom. The van der Waals surface area contributed by atoms with Gasteiger partial charge in [0.05, 0.1) is 12.1 Å². The molecule has 1 N–H and O–H groups in total. The summed E-state index contributed by atoms with van der Waals surface area (Å²) in [7, 11) is -1.87. The van der Waals surface area contributed by atoms with Crippen LogP contribution in [0.5, 0.6) is 0 Å². The van der Waals surface area contributed by atoms with Crippen molar-refractivity contribution in [1.29, 1.82) is 10.5 Å². The molecule has 8 heteroatoms. The molecule has 1 aromatic rings. The predicted molar refractivity (Wildman–Crippen MR) is 77.8 cm³/mol. The fourth-order valence-electron chi connectivity index (χ4n) is 2.78. The Morgan fingerprint density at radius 1 is 1.27 bits per heavy atom. The Labute approximate surface area is 128 Å². The van der Waals surface area contributed by atoms with Gasteiger partial charge in [0.1, 0.15) is 0 Å². The van der Waals surface area contributed by atoms with Crippen molar-refractivity contribution < 1.29 is 18.4 Å². The van der Waals surface area contributed by atoms with Crippen LogP contribution < -0.4 is 5.32 Å². The molecular formula is C14H14N3O4P. The van der Waals surface area contributed by atoms with E-state index in [0.29, 0.717) is 5.69 Å². The first-order valence-electron chi connectivity index (χ1n) is 6.35. The number of nitriles is 2. The van der Waals surface area contributed by atoms with Crippen LogP contribution in [0, 0.1) is 35.5 Å². The van der Waals surface area contributed by atoms with E-state index in [9.17, 15) is 19.9 Å². The van der Waals surface area contributed by atoms with Crippen molar-refractivity contribution in [3.05, 3.63) is 29.3 Å². The zero-order chi connectivity index (χ0) is 16.5. The third-order valence-corrected chi connectivity index (χ3v) is 6.38. The maximum Gasteiger partial charge on any atom is 0.352 e. The number of aryl methyl sites for hydroxylation is 1.